The first-order chi connectivity index (χ1) is 7.72. The lowest BCUT2D eigenvalue weighted by Crippen LogP contribution is -2.31. The number of piperidine rings is 1. The van der Waals surface area contributed by atoms with Crippen LogP contribution in [0, 0.1) is 11.3 Å². The number of H-pyrrole nitrogens is 1. The van der Waals surface area contributed by atoms with Crippen LogP contribution in [0.5, 0.6) is 0 Å². The zero-order valence-corrected chi connectivity index (χ0v) is 9.36. The van der Waals surface area contributed by atoms with Crippen molar-refractivity contribution >= 4 is 0 Å². The van der Waals surface area contributed by atoms with Gasteiger partial charge < -0.3 is 4.98 Å². The van der Waals surface area contributed by atoms with Crippen molar-refractivity contribution < 1.29 is 0 Å². The molecule has 1 atom stereocenters. The molecule has 4 nitrogen and oxygen atoms in total. The van der Waals surface area contributed by atoms with Crippen molar-refractivity contribution in [2.75, 3.05) is 13.6 Å². The van der Waals surface area contributed by atoms with Crippen LogP contribution in [0.1, 0.15) is 36.6 Å². The van der Waals surface area contributed by atoms with Gasteiger partial charge in [-0.2, -0.15) is 5.26 Å². The summed E-state index contributed by atoms with van der Waals surface area (Å²) in [5, 5.41) is 8.69. The van der Waals surface area contributed by atoms with Gasteiger partial charge >= 0.3 is 0 Å². The highest BCUT2D eigenvalue weighted by atomic mass is 16.1. The molecule has 84 valence electrons. The van der Waals surface area contributed by atoms with E-state index in [1.165, 1.54) is 12.8 Å². The van der Waals surface area contributed by atoms with Crippen molar-refractivity contribution in [2.45, 2.75) is 25.3 Å². The SMILES string of the molecule is CN1CCCCC1c1ccc(C#N)c(=O)[nH]1. The van der Waals surface area contributed by atoms with Crippen molar-refractivity contribution in [3.63, 3.8) is 0 Å². The summed E-state index contributed by atoms with van der Waals surface area (Å²) in [6.07, 6.45) is 3.48. The first-order valence-corrected chi connectivity index (χ1v) is 5.56. The summed E-state index contributed by atoms with van der Waals surface area (Å²) in [6.45, 7) is 1.06. The van der Waals surface area contributed by atoms with Crippen LogP contribution in [-0.2, 0) is 0 Å². The van der Waals surface area contributed by atoms with E-state index in [2.05, 4.69) is 16.9 Å². The lowest BCUT2D eigenvalue weighted by molar-refractivity contribution is 0.183. The second-order valence-corrected chi connectivity index (χ2v) is 4.26. The van der Waals surface area contributed by atoms with Gasteiger partial charge in [0.1, 0.15) is 11.6 Å². The topological polar surface area (TPSA) is 59.9 Å². The molecule has 0 amide bonds. The van der Waals surface area contributed by atoms with Gasteiger partial charge in [0.05, 0.1) is 0 Å². The van der Waals surface area contributed by atoms with Crippen LogP contribution in [0.2, 0.25) is 0 Å². The van der Waals surface area contributed by atoms with Crippen LogP contribution in [0.25, 0.3) is 0 Å². The van der Waals surface area contributed by atoms with Gasteiger partial charge in [-0.05, 0) is 38.6 Å². The third kappa shape index (κ3) is 2.00. The molecule has 0 aliphatic carbocycles. The zero-order chi connectivity index (χ0) is 11.5. The fourth-order valence-electron chi connectivity index (χ4n) is 2.24. The smallest absolute Gasteiger partial charge is 0.266 e. The lowest BCUT2D eigenvalue weighted by Gasteiger charge is -2.32. The molecule has 1 fully saturated rings. The van der Waals surface area contributed by atoms with Gasteiger partial charge in [-0.25, -0.2) is 0 Å². The molecule has 4 heteroatoms. The van der Waals surface area contributed by atoms with Gasteiger partial charge in [0, 0.05) is 11.7 Å². The largest absolute Gasteiger partial charge is 0.323 e. The quantitative estimate of drug-likeness (QED) is 0.773. The van der Waals surface area contributed by atoms with Crippen molar-refractivity contribution in [3.05, 3.63) is 33.7 Å². The Bertz CT molecular complexity index is 472. The van der Waals surface area contributed by atoms with Gasteiger partial charge in [0.25, 0.3) is 5.56 Å². The third-order valence-electron chi connectivity index (χ3n) is 3.18. The number of nitrogens with one attached hydrogen (secondary N) is 1. The summed E-state index contributed by atoms with van der Waals surface area (Å²) < 4.78 is 0. The Morgan fingerprint density at radius 3 is 2.94 bits per heavy atom. The van der Waals surface area contributed by atoms with Crippen LogP contribution in [0.4, 0.5) is 0 Å². The molecule has 0 saturated carbocycles. The molecule has 1 aliphatic rings. The highest BCUT2D eigenvalue weighted by Crippen LogP contribution is 2.27. The number of hydrogen-bond donors (Lipinski definition) is 1. The molecule has 16 heavy (non-hydrogen) atoms. The summed E-state index contributed by atoms with van der Waals surface area (Å²) in [4.78, 5) is 16.6. The third-order valence-corrected chi connectivity index (χ3v) is 3.18. The van der Waals surface area contributed by atoms with Crippen LogP contribution < -0.4 is 5.56 Å². The molecule has 1 N–H and O–H groups in total. The number of nitriles is 1. The Morgan fingerprint density at radius 2 is 2.31 bits per heavy atom. The maximum Gasteiger partial charge on any atom is 0.266 e. The van der Waals surface area contributed by atoms with Gasteiger partial charge in [0.2, 0.25) is 0 Å². The van der Waals surface area contributed by atoms with E-state index >= 15 is 0 Å². The summed E-state index contributed by atoms with van der Waals surface area (Å²) in [6, 6.07) is 5.63. The number of rotatable bonds is 1. The second kappa shape index (κ2) is 4.50. The van der Waals surface area contributed by atoms with Crippen molar-refractivity contribution in [1.29, 1.82) is 5.26 Å². The summed E-state index contributed by atoms with van der Waals surface area (Å²) in [5.74, 6) is 0. The van der Waals surface area contributed by atoms with E-state index in [-0.39, 0.29) is 17.2 Å². The highest BCUT2D eigenvalue weighted by molar-refractivity contribution is 5.27. The number of pyridine rings is 1. The monoisotopic (exact) mass is 217 g/mol. The summed E-state index contributed by atoms with van der Waals surface area (Å²) >= 11 is 0. The predicted molar refractivity (Wildman–Crippen MR) is 61.0 cm³/mol. The molecule has 0 aromatic carbocycles. The summed E-state index contributed by atoms with van der Waals surface area (Å²) in [7, 11) is 2.07. The summed E-state index contributed by atoms with van der Waals surface area (Å²) in [5.41, 5.74) is 0.826. The molecule has 1 aromatic rings. The van der Waals surface area contributed by atoms with Crippen molar-refractivity contribution in [3.8, 4) is 6.07 Å². The maximum absolute atomic E-state index is 11.5. The molecule has 1 aromatic heterocycles. The first-order valence-electron chi connectivity index (χ1n) is 5.56. The van der Waals surface area contributed by atoms with Crippen LogP contribution in [0.15, 0.2) is 16.9 Å². The molecule has 1 unspecified atom stereocenters. The standard InChI is InChI=1S/C12H15N3O/c1-15-7-3-2-4-11(15)10-6-5-9(8-13)12(16)14-10/h5-6,11H,2-4,7H2,1H3,(H,14,16). The van der Waals surface area contributed by atoms with Gasteiger partial charge in [-0.1, -0.05) is 6.42 Å². The van der Waals surface area contributed by atoms with Crippen LogP contribution in [0.3, 0.4) is 0 Å². The molecule has 1 saturated heterocycles. The molecule has 1 aliphatic heterocycles. The molecule has 0 bridgehead atoms. The van der Waals surface area contributed by atoms with Crippen LogP contribution >= 0.6 is 0 Å². The minimum absolute atomic E-state index is 0.183. The first kappa shape index (κ1) is 10.9. The Kier molecular flexibility index (Phi) is 3.07. The maximum atomic E-state index is 11.5. The number of aromatic amines is 1. The fraction of sp³-hybridized carbons (Fsp3) is 0.500. The highest BCUT2D eigenvalue weighted by Gasteiger charge is 2.21. The molecule has 0 radical (unpaired) electrons. The Hall–Kier alpha value is -1.60. The predicted octanol–water partition coefficient (Wildman–Crippen LogP) is 1.40. The number of hydrogen-bond acceptors (Lipinski definition) is 3. The number of nitrogens with zero attached hydrogens (tertiary/aromatic N) is 2. The van der Waals surface area contributed by atoms with Crippen LogP contribution in [-0.4, -0.2) is 23.5 Å². The van der Waals surface area contributed by atoms with Gasteiger partial charge in [0.15, 0.2) is 0 Å². The Labute approximate surface area is 94.5 Å². The van der Waals surface area contributed by atoms with E-state index in [0.717, 1.165) is 18.7 Å². The minimum Gasteiger partial charge on any atom is -0.323 e. The normalized spacial score (nSPS) is 21.6. The average Bonchev–Trinajstić information content (AvgIpc) is 2.29. The molecule has 2 rings (SSSR count). The van der Waals surface area contributed by atoms with E-state index in [9.17, 15) is 4.79 Å². The Balaban J connectivity index is 2.31. The van der Waals surface area contributed by atoms with E-state index in [1.807, 2.05) is 12.1 Å². The zero-order valence-electron chi connectivity index (χ0n) is 9.36. The molecular formula is C12H15N3O. The Morgan fingerprint density at radius 1 is 1.50 bits per heavy atom. The van der Waals surface area contributed by atoms with E-state index < -0.39 is 0 Å². The average molecular weight is 217 g/mol. The fourth-order valence-corrected chi connectivity index (χ4v) is 2.24. The lowest BCUT2D eigenvalue weighted by atomic mass is 9.99. The molecule has 2 heterocycles. The number of aromatic nitrogens is 1. The second-order valence-electron chi connectivity index (χ2n) is 4.26. The van der Waals surface area contributed by atoms with E-state index in [1.54, 1.807) is 6.07 Å². The van der Waals surface area contributed by atoms with E-state index in [0.29, 0.717) is 0 Å². The number of likely N-dealkylation sites (tertiary alicyclic amines) is 1. The van der Waals surface area contributed by atoms with Gasteiger partial charge in [-0.3, -0.25) is 9.69 Å². The molecular weight excluding hydrogens is 202 g/mol. The van der Waals surface area contributed by atoms with Gasteiger partial charge in [-0.15, -0.1) is 0 Å². The van der Waals surface area contributed by atoms with Crippen molar-refractivity contribution in [1.82, 2.24) is 9.88 Å². The van der Waals surface area contributed by atoms with E-state index in [4.69, 9.17) is 5.26 Å². The van der Waals surface area contributed by atoms with Crippen molar-refractivity contribution in [2.24, 2.45) is 0 Å². The molecule has 0 spiro atoms. The minimum atomic E-state index is -0.279.